The third-order valence-corrected chi connectivity index (χ3v) is 10.7. The van der Waals surface area contributed by atoms with Gasteiger partial charge in [0.1, 0.15) is 0 Å². The molecule has 12 nitrogen and oxygen atoms in total. The average Bonchev–Trinajstić information content (AvgIpc) is 3.77. The van der Waals surface area contributed by atoms with Crippen LogP contribution in [-0.2, 0) is 25.5 Å². The number of aromatic amines is 1. The van der Waals surface area contributed by atoms with Gasteiger partial charge in [0.05, 0.1) is 38.3 Å². The molecular formula is C38H51N5O7. The number of H-pyrrole nitrogens is 1. The van der Waals surface area contributed by atoms with E-state index in [2.05, 4.69) is 73.0 Å². The number of aliphatic hydroxyl groups is 2. The number of hydrogen-bond acceptors (Lipinski definition) is 9. The van der Waals surface area contributed by atoms with Gasteiger partial charge in [0.25, 0.3) is 0 Å². The molecule has 5 atom stereocenters. The van der Waals surface area contributed by atoms with E-state index in [0.29, 0.717) is 34.5 Å². The van der Waals surface area contributed by atoms with Crippen LogP contribution in [0.2, 0.25) is 0 Å². The van der Waals surface area contributed by atoms with Crippen LogP contribution in [-0.4, -0.2) is 76.6 Å². The van der Waals surface area contributed by atoms with Crippen molar-refractivity contribution in [3.63, 3.8) is 0 Å². The third kappa shape index (κ3) is 7.04. The number of rotatable bonds is 11. The molecule has 50 heavy (non-hydrogen) atoms. The van der Waals surface area contributed by atoms with Crippen molar-refractivity contribution in [2.45, 2.75) is 91.8 Å². The van der Waals surface area contributed by atoms with Crippen molar-refractivity contribution in [1.29, 1.82) is 0 Å². The molecule has 0 radical (unpaired) electrons. The fraction of sp³-hybridized carbons (Fsp3) is 0.500. The van der Waals surface area contributed by atoms with Crippen LogP contribution in [0.1, 0.15) is 82.8 Å². The summed E-state index contributed by atoms with van der Waals surface area (Å²) in [5.41, 5.74) is 11.5. The first-order valence-corrected chi connectivity index (χ1v) is 17.5. The Morgan fingerprint density at radius 1 is 1.04 bits per heavy atom. The molecule has 1 aromatic rings. The fourth-order valence-electron chi connectivity index (χ4n) is 7.77. The molecule has 0 aromatic carbocycles. The summed E-state index contributed by atoms with van der Waals surface area (Å²) < 4.78 is 5.17. The number of aliphatic carboxylic acids is 1. The summed E-state index contributed by atoms with van der Waals surface area (Å²) in [5.74, 6) is -2.31. The zero-order valence-electron chi connectivity index (χ0n) is 30.0. The number of carbonyl (C=O) groups excluding carboxylic acids is 2. The first kappa shape index (κ1) is 36.7. The molecule has 5 heterocycles. The van der Waals surface area contributed by atoms with Crippen LogP contribution in [0.3, 0.4) is 0 Å². The summed E-state index contributed by atoms with van der Waals surface area (Å²) in [6.45, 7) is 11.7. The van der Waals surface area contributed by atoms with E-state index in [1.165, 1.54) is 18.3 Å². The van der Waals surface area contributed by atoms with E-state index in [1.54, 1.807) is 0 Å². The number of carbonyl (C=O) groups is 3. The smallest absolute Gasteiger partial charge is 0.309 e. The highest BCUT2D eigenvalue weighted by Crippen LogP contribution is 2.43. The molecule has 8 bridgehead atoms. The van der Waals surface area contributed by atoms with Crippen LogP contribution in [0, 0.1) is 18.8 Å². The van der Waals surface area contributed by atoms with Crippen LogP contribution in [0.25, 0.3) is 12.2 Å². The van der Waals surface area contributed by atoms with Gasteiger partial charge >= 0.3 is 11.9 Å². The van der Waals surface area contributed by atoms with Gasteiger partial charge in [-0.3, -0.25) is 14.4 Å². The maximum absolute atomic E-state index is 14.0. The summed E-state index contributed by atoms with van der Waals surface area (Å²) in [6, 6.07) is -0.901. The largest absolute Gasteiger partial charge is 0.481 e. The number of hydrogen-bond donors (Lipinski definition) is 8. The molecule has 1 fully saturated rings. The van der Waals surface area contributed by atoms with Gasteiger partial charge < -0.3 is 46.3 Å². The Morgan fingerprint density at radius 3 is 2.40 bits per heavy atom. The lowest BCUT2D eigenvalue weighted by Crippen LogP contribution is -2.40. The number of carboxylic acid groups (broad SMARTS) is 1. The van der Waals surface area contributed by atoms with Crippen molar-refractivity contribution in [2.24, 2.45) is 11.8 Å². The molecule has 5 rings (SSSR count). The molecule has 0 aliphatic carbocycles. The first-order chi connectivity index (χ1) is 23.8. The Balaban J connectivity index is 1.80. The molecule has 4 aliphatic rings. The van der Waals surface area contributed by atoms with E-state index in [9.17, 15) is 29.7 Å². The van der Waals surface area contributed by atoms with E-state index in [1.807, 2.05) is 13.0 Å². The van der Waals surface area contributed by atoms with E-state index in [4.69, 9.17) is 4.74 Å². The van der Waals surface area contributed by atoms with E-state index in [0.717, 1.165) is 46.8 Å². The van der Waals surface area contributed by atoms with Gasteiger partial charge in [-0.15, -0.1) is 0 Å². The predicted octanol–water partition coefficient (Wildman–Crippen LogP) is 3.46. The molecule has 8 N–H and O–H groups in total. The third-order valence-electron chi connectivity index (χ3n) is 10.7. The van der Waals surface area contributed by atoms with Gasteiger partial charge in [-0.05, 0) is 91.7 Å². The van der Waals surface area contributed by atoms with Gasteiger partial charge in [-0.1, -0.05) is 20.8 Å². The number of fused-ring (bicyclic) bond motifs is 8. The number of aliphatic hydroxyl groups excluding tert-OH is 2. The molecule has 1 amide bonds. The molecule has 0 saturated carbocycles. The summed E-state index contributed by atoms with van der Waals surface area (Å²) >= 11 is 0. The monoisotopic (exact) mass is 689 g/mol. The highest BCUT2D eigenvalue weighted by molar-refractivity contribution is 5.99. The Hall–Kier alpha value is -4.55. The number of nitrogens with one attached hydrogen (secondary N) is 5. The van der Waals surface area contributed by atoms with Crippen molar-refractivity contribution < 1.29 is 34.4 Å². The molecule has 12 heteroatoms. The van der Waals surface area contributed by atoms with Gasteiger partial charge in [-0.2, -0.15) is 0 Å². The van der Waals surface area contributed by atoms with Gasteiger partial charge in [0, 0.05) is 64.6 Å². The molecular weight excluding hydrogens is 638 g/mol. The Kier molecular flexibility index (Phi) is 11.1. The van der Waals surface area contributed by atoms with E-state index >= 15 is 0 Å². The number of carboxylic acids is 1. The number of esters is 1. The van der Waals surface area contributed by atoms with E-state index in [-0.39, 0.29) is 37.3 Å². The summed E-state index contributed by atoms with van der Waals surface area (Å²) in [5, 5.41) is 42.9. The van der Waals surface area contributed by atoms with Gasteiger partial charge in [0.15, 0.2) is 0 Å². The number of ether oxygens (including phenoxy) is 1. The maximum Gasteiger partial charge on any atom is 0.309 e. The molecule has 270 valence electrons. The van der Waals surface area contributed by atoms with Crippen LogP contribution in [0.5, 0.6) is 0 Å². The molecule has 1 aromatic heterocycles. The van der Waals surface area contributed by atoms with Crippen molar-refractivity contribution in [1.82, 2.24) is 26.3 Å². The second-order valence-corrected chi connectivity index (χ2v) is 13.6. The lowest BCUT2D eigenvalue weighted by atomic mass is 9.83. The highest BCUT2D eigenvalue weighted by atomic mass is 16.5. The minimum absolute atomic E-state index is 0.0783. The lowest BCUT2D eigenvalue weighted by molar-refractivity contribution is -0.140. The van der Waals surface area contributed by atoms with Crippen LogP contribution < -0.4 is 21.3 Å². The van der Waals surface area contributed by atoms with Crippen molar-refractivity contribution in [3.05, 3.63) is 79.2 Å². The zero-order chi connectivity index (χ0) is 36.4. The molecule has 0 spiro atoms. The average molecular weight is 690 g/mol. The maximum atomic E-state index is 14.0. The summed E-state index contributed by atoms with van der Waals surface area (Å²) in [7, 11) is 1.31. The number of amides is 1. The number of allylic oxidation sites excluding steroid dienone is 4. The van der Waals surface area contributed by atoms with Gasteiger partial charge in [0.2, 0.25) is 5.91 Å². The SMILES string of the molecule is CCC1=C(C)C2/C=C3\N/C(=C(/CC(=O)OC)C4N/C(=C\c5[nH]c(c(C)c5CC)C=C1N2)C(C)=C4C(=O)NCC(O)CO)C(CCC(=O)O)C3C. The van der Waals surface area contributed by atoms with Crippen LogP contribution in [0.15, 0.2) is 56.7 Å². The first-order valence-electron chi connectivity index (χ1n) is 17.5. The van der Waals surface area contributed by atoms with Crippen LogP contribution >= 0.6 is 0 Å². The Morgan fingerprint density at radius 2 is 1.76 bits per heavy atom. The Bertz CT molecular complexity index is 1760. The van der Waals surface area contributed by atoms with Crippen LogP contribution in [0.4, 0.5) is 0 Å². The lowest BCUT2D eigenvalue weighted by Gasteiger charge is -2.25. The van der Waals surface area contributed by atoms with Crippen molar-refractivity contribution >= 4 is 30.0 Å². The van der Waals surface area contributed by atoms with Crippen molar-refractivity contribution in [3.8, 4) is 0 Å². The highest BCUT2D eigenvalue weighted by Gasteiger charge is 2.42. The second-order valence-electron chi connectivity index (χ2n) is 13.6. The molecule has 4 aliphatic heterocycles. The number of aromatic nitrogens is 1. The summed E-state index contributed by atoms with van der Waals surface area (Å²) in [6.07, 6.45) is 6.86. The predicted molar refractivity (Wildman–Crippen MR) is 191 cm³/mol. The molecule has 1 saturated heterocycles. The Labute approximate surface area is 293 Å². The topological polar surface area (TPSA) is 185 Å². The normalized spacial score (nSPS) is 27.0. The number of methoxy groups -OCH3 is 1. The second kappa shape index (κ2) is 15.1. The summed E-state index contributed by atoms with van der Waals surface area (Å²) in [4.78, 5) is 42.6. The van der Waals surface area contributed by atoms with Gasteiger partial charge in [-0.25, -0.2) is 0 Å². The standard InChI is InChI=1S/C38H51N5O7/c1-8-23-18(3)27-13-29-20(5)25(10-11-33(46)47)36(42-29)26(12-34(48)50-7)37-35(38(49)39-16-22(45)17-44)21(6)30(43-37)15-32-24(9-2)19(4)28(41-32)14-31(23)40-27/h13-15,20,22,25,27,37,40-45H,8-12,16-17H2,1-7H3,(H,39,49)(H,46,47)/b29-13-,30-15-,31-14?,36-26-. The van der Waals surface area contributed by atoms with E-state index < -0.39 is 36.6 Å². The minimum Gasteiger partial charge on any atom is -0.481 e. The van der Waals surface area contributed by atoms with Crippen molar-refractivity contribution in [2.75, 3.05) is 20.3 Å². The fourth-order valence-corrected chi connectivity index (χ4v) is 7.77. The quantitative estimate of drug-likeness (QED) is 0.160. The zero-order valence-corrected chi connectivity index (χ0v) is 30.0. The minimum atomic E-state index is -1.15. The molecule has 5 unspecified atom stereocenters.